The highest BCUT2D eigenvalue weighted by atomic mass is 127. The van der Waals surface area contributed by atoms with Gasteiger partial charge in [-0.2, -0.15) is 0 Å². The van der Waals surface area contributed by atoms with E-state index in [0.717, 1.165) is 6.42 Å². The third-order valence-corrected chi connectivity index (χ3v) is 2.01. The van der Waals surface area contributed by atoms with Gasteiger partial charge in [0.2, 0.25) is 5.91 Å². The molecule has 0 aromatic heterocycles. The van der Waals surface area contributed by atoms with Crippen molar-refractivity contribution in [1.29, 1.82) is 0 Å². The van der Waals surface area contributed by atoms with E-state index in [4.69, 9.17) is 4.74 Å². The van der Waals surface area contributed by atoms with Crippen LogP contribution in [0.2, 0.25) is 0 Å². The van der Waals surface area contributed by atoms with Crippen molar-refractivity contribution in [3.63, 3.8) is 0 Å². The van der Waals surface area contributed by atoms with Gasteiger partial charge in [-0.1, -0.05) is 6.92 Å². The van der Waals surface area contributed by atoms with Crippen molar-refractivity contribution in [3.8, 4) is 0 Å². The van der Waals surface area contributed by atoms with E-state index in [9.17, 15) is 4.79 Å². The Morgan fingerprint density at radius 2 is 2.36 bits per heavy atom. The zero-order valence-electron chi connectivity index (χ0n) is 6.89. The fourth-order valence-electron chi connectivity index (χ4n) is 0.518. The van der Waals surface area contributed by atoms with E-state index in [1.54, 1.807) is 0 Å². The van der Waals surface area contributed by atoms with Crippen LogP contribution in [0.1, 0.15) is 26.7 Å². The van der Waals surface area contributed by atoms with Crippen LogP contribution in [0, 0.1) is 0 Å². The Morgan fingerprint density at radius 3 is 2.82 bits per heavy atom. The number of rotatable bonds is 5. The van der Waals surface area contributed by atoms with Gasteiger partial charge in [0.05, 0.1) is 42.0 Å². The molecule has 0 bridgehead atoms. The lowest BCUT2D eigenvalue weighted by atomic mass is 10.3. The number of hydrogen-bond donors (Lipinski definition) is 1. The molecule has 1 unspecified atom stereocenters. The predicted octanol–water partition coefficient (Wildman–Crippen LogP) is 1.66. The number of carbonyl (C=O) groups excluding carboxylic acids is 1. The molecule has 4 heteroatoms. The molecule has 1 amide bonds. The first-order chi connectivity index (χ1) is 5.20. The van der Waals surface area contributed by atoms with Crippen LogP contribution in [0.5, 0.6) is 0 Å². The van der Waals surface area contributed by atoms with Gasteiger partial charge in [-0.05, 0) is 13.3 Å². The molecule has 0 saturated carbocycles. The third-order valence-electron chi connectivity index (χ3n) is 1.41. The van der Waals surface area contributed by atoms with Crippen molar-refractivity contribution in [2.24, 2.45) is 0 Å². The SMILES string of the molecule is CCC(C)OCCC(=O)NI. The summed E-state index contributed by atoms with van der Waals surface area (Å²) in [7, 11) is 0. The number of hydrogen-bond acceptors (Lipinski definition) is 2. The number of amides is 1. The Kier molecular flexibility index (Phi) is 6.94. The predicted molar refractivity (Wildman–Crippen MR) is 52.5 cm³/mol. The summed E-state index contributed by atoms with van der Waals surface area (Å²) in [5.74, 6) is 0.0221. The molecule has 1 N–H and O–H groups in total. The van der Waals surface area contributed by atoms with Crippen LogP contribution in [-0.2, 0) is 9.53 Å². The second-order valence-corrected chi connectivity index (χ2v) is 2.90. The van der Waals surface area contributed by atoms with E-state index >= 15 is 0 Å². The molecule has 0 aromatic rings. The Balaban J connectivity index is 3.20. The Bertz CT molecular complexity index is 119. The maximum atomic E-state index is 10.7. The van der Waals surface area contributed by atoms with Gasteiger partial charge < -0.3 is 4.74 Å². The normalized spacial score (nSPS) is 12.6. The molecule has 0 rings (SSSR count). The van der Waals surface area contributed by atoms with Gasteiger partial charge in [-0.15, -0.1) is 0 Å². The monoisotopic (exact) mass is 271 g/mol. The fraction of sp³-hybridized carbons (Fsp3) is 0.857. The second kappa shape index (κ2) is 6.84. The lowest BCUT2D eigenvalue weighted by Crippen LogP contribution is -2.16. The summed E-state index contributed by atoms with van der Waals surface area (Å²) < 4.78 is 7.81. The first kappa shape index (κ1) is 11.2. The van der Waals surface area contributed by atoms with Crippen molar-refractivity contribution < 1.29 is 9.53 Å². The van der Waals surface area contributed by atoms with Crippen LogP contribution in [-0.4, -0.2) is 18.6 Å². The van der Waals surface area contributed by atoms with Gasteiger partial charge in [0.15, 0.2) is 0 Å². The molecule has 11 heavy (non-hydrogen) atoms. The van der Waals surface area contributed by atoms with Gasteiger partial charge in [-0.3, -0.25) is 8.32 Å². The number of nitrogens with one attached hydrogen (secondary N) is 1. The zero-order chi connectivity index (χ0) is 8.69. The fourth-order valence-corrected chi connectivity index (χ4v) is 0.788. The highest BCUT2D eigenvalue weighted by molar-refractivity contribution is 14.1. The first-order valence-corrected chi connectivity index (χ1v) is 4.79. The van der Waals surface area contributed by atoms with Crippen LogP contribution < -0.4 is 3.53 Å². The third kappa shape index (κ3) is 6.55. The van der Waals surface area contributed by atoms with Crippen LogP contribution in [0.25, 0.3) is 0 Å². The summed E-state index contributed by atoms with van der Waals surface area (Å²) in [6.45, 7) is 4.58. The molecule has 0 aliphatic rings. The standard InChI is InChI=1S/C7H14INO2/c1-3-6(2)11-5-4-7(10)9-8/h6H,3-5H2,1-2H3,(H,9,10). The van der Waals surface area contributed by atoms with E-state index in [0.29, 0.717) is 13.0 Å². The van der Waals surface area contributed by atoms with E-state index in [-0.39, 0.29) is 12.0 Å². The van der Waals surface area contributed by atoms with Gasteiger partial charge in [0.1, 0.15) is 0 Å². The van der Waals surface area contributed by atoms with Crippen LogP contribution in [0.15, 0.2) is 0 Å². The van der Waals surface area contributed by atoms with E-state index in [1.165, 1.54) is 0 Å². The molecule has 0 aliphatic heterocycles. The lowest BCUT2D eigenvalue weighted by molar-refractivity contribution is -0.120. The van der Waals surface area contributed by atoms with Crippen LogP contribution >= 0.6 is 22.9 Å². The number of ether oxygens (including phenoxy) is 1. The number of carbonyl (C=O) groups is 1. The molecule has 0 saturated heterocycles. The molecule has 1 atom stereocenters. The molecular formula is C7H14INO2. The van der Waals surface area contributed by atoms with E-state index in [2.05, 4.69) is 10.5 Å². The maximum absolute atomic E-state index is 10.7. The molecule has 0 aliphatic carbocycles. The summed E-state index contributed by atoms with van der Waals surface area (Å²) in [5.41, 5.74) is 0. The summed E-state index contributed by atoms with van der Waals surface area (Å²) in [6.07, 6.45) is 1.70. The van der Waals surface area contributed by atoms with Gasteiger partial charge in [-0.25, -0.2) is 0 Å². The van der Waals surface area contributed by atoms with Crippen molar-refractivity contribution in [2.75, 3.05) is 6.61 Å². The van der Waals surface area contributed by atoms with E-state index < -0.39 is 0 Å². The van der Waals surface area contributed by atoms with Crippen molar-refractivity contribution in [3.05, 3.63) is 0 Å². The molecule has 0 heterocycles. The minimum Gasteiger partial charge on any atom is -0.378 e. The molecule has 0 radical (unpaired) electrons. The molecule has 0 fully saturated rings. The van der Waals surface area contributed by atoms with E-state index in [1.807, 2.05) is 29.8 Å². The molecular weight excluding hydrogens is 257 g/mol. The second-order valence-electron chi connectivity index (χ2n) is 2.36. The highest BCUT2D eigenvalue weighted by Crippen LogP contribution is 1.96. The molecule has 0 spiro atoms. The zero-order valence-corrected chi connectivity index (χ0v) is 9.05. The Morgan fingerprint density at radius 1 is 1.73 bits per heavy atom. The average molecular weight is 271 g/mol. The Hall–Kier alpha value is 0.160. The molecule has 0 aromatic carbocycles. The summed E-state index contributed by atoms with van der Waals surface area (Å²) in [4.78, 5) is 10.7. The minimum absolute atomic E-state index is 0.0221. The smallest absolute Gasteiger partial charge is 0.230 e. The van der Waals surface area contributed by atoms with Crippen molar-refractivity contribution >= 4 is 28.8 Å². The minimum atomic E-state index is 0.0221. The summed E-state index contributed by atoms with van der Waals surface area (Å²) in [6, 6.07) is 0. The topological polar surface area (TPSA) is 38.3 Å². The Labute approximate surface area is 81.4 Å². The van der Waals surface area contributed by atoms with Gasteiger partial charge >= 0.3 is 0 Å². The van der Waals surface area contributed by atoms with Crippen molar-refractivity contribution in [1.82, 2.24) is 3.53 Å². The highest BCUT2D eigenvalue weighted by Gasteiger charge is 2.01. The average Bonchev–Trinajstić information content (AvgIpc) is 2.04. The van der Waals surface area contributed by atoms with Crippen LogP contribution in [0.4, 0.5) is 0 Å². The molecule has 66 valence electrons. The van der Waals surface area contributed by atoms with Crippen LogP contribution in [0.3, 0.4) is 0 Å². The maximum Gasteiger partial charge on any atom is 0.230 e. The molecule has 3 nitrogen and oxygen atoms in total. The quantitative estimate of drug-likeness (QED) is 0.610. The lowest BCUT2D eigenvalue weighted by Gasteiger charge is -2.08. The largest absolute Gasteiger partial charge is 0.378 e. The summed E-state index contributed by atoms with van der Waals surface area (Å²) >= 11 is 1.82. The van der Waals surface area contributed by atoms with Crippen molar-refractivity contribution in [2.45, 2.75) is 32.8 Å². The summed E-state index contributed by atoms with van der Waals surface area (Å²) in [5, 5.41) is 0. The first-order valence-electron chi connectivity index (χ1n) is 3.71. The van der Waals surface area contributed by atoms with Gasteiger partial charge in [0, 0.05) is 0 Å². The number of halogens is 1. The van der Waals surface area contributed by atoms with Gasteiger partial charge in [0.25, 0.3) is 0 Å².